The second-order valence-corrected chi connectivity index (χ2v) is 10.2. The van der Waals surface area contributed by atoms with Crippen molar-refractivity contribution in [2.75, 3.05) is 13.2 Å². The SMILES string of the molecule is CCCCCCC1C(=O)N(S(=O)(=O)c2ccc(C)cc2)CC=C1COCc1ccccc1. The molecule has 0 fully saturated rings. The molecular weight excluding hydrogens is 422 g/mol. The molecule has 1 aliphatic rings. The molecule has 5 nitrogen and oxygen atoms in total. The van der Waals surface area contributed by atoms with E-state index in [1.54, 1.807) is 24.3 Å². The summed E-state index contributed by atoms with van der Waals surface area (Å²) in [6.07, 6.45) is 6.63. The van der Waals surface area contributed by atoms with Crippen LogP contribution in [0.1, 0.15) is 50.2 Å². The van der Waals surface area contributed by atoms with Crippen LogP contribution in [0.3, 0.4) is 0 Å². The molecule has 0 saturated carbocycles. The van der Waals surface area contributed by atoms with Crippen molar-refractivity contribution in [3.8, 4) is 0 Å². The lowest BCUT2D eigenvalue weighted by Crippen LogP contribution is -2.45. The van der Waals surface area contributed by atoms with Gasteiger partial charge in [0.1, 0.15) is 0 Å². The van der Waals surface area contributed by atoms with Crippen molar-refractivity contribution in [1.82, 2.24) is 4.31 Å². The molecular formula is C26H33NO4S. The third-order valence-corrected chi connectivity index (χ3v) is 7.62. The highest BCUT2D eigenvalue weighted by Gasteiger charge is 2.37. The highest BCUT2D eigenvalue weighted by molar-refractivity contribution is 7.89. The van der Waals surface area contributed by atoms with Gasteiger partial charge in [0.05, 0.1) is 30.6 Å². The molecule has 0 N–H and O–H groups in total. The predicted molar refractivity (Wildman–Crippen MR) is 127 cm³/mol. The lowest BCUT2D eigenvalue weighted by molar-refractivity contribution is -0.130. The van der Waals surface area contributed by atoms with Gasteiger partial charge in [-0.1, -0.05) is 86.7 Å². The van der Waals surface area contributed by atoms with Gasteiger partial charge in [-0.2, -0.15) is 0 Å². The van der Waals surface area contributed by atoms with Gasteiger partial charge in [0, 0.05) is 0 Å². The number of hydrogen-bond acceptors (Lipinski definition) is 4. The molecule has 2 aromatic carbocycles. The maximum absolute atomic E-state index is 13.4. The van der Waals surface area contributed by atoms with Crippen LogP contribution in [0.25, 0.3) is 0 Å². The fourth-order valence-corrected chi connectivity index (χ4v) is 5.29. The molecule has 1 aliphatic heterocycles. The molecule has 0 spiro atoms. The number of carbonyl (C=O) groups excluding carboxylic acids is 1. The first-order valence-corrected chi connectivity index (χ1v) is 12.8. The summed E-state index contributed by atoms with van der Waals surface area (Å²) in [6.45, 7) is 4.88. The zero-order valence-corrected chi connectivity index (χ0v) is 19.8. The third-order valence-electron chi connectivity index (χ3n) is 5.85. The topological polar surface area (TPSA) is 63.7 Å². The molecule has 0 bridgehead atoms. The Morgan fingerprint density at radius 3 is 2.38 bits per heavy atom. The summed E-state index contributed by atoms with van der Waals surface area (Å²) >= 11 is 0. The largest absolute Gasteiger partial charge is 0.372 e. The van der Waals surface area contributed by atoms with E-state index in [1.165, 1.54) is 0 Å². The van der Waals surface area contributed by atoms with Gasteiger partial charge in [0.2, 0.25) is 5.91 Å². The van der Waals surface area contributed by atoms with Crippen molar-refractivity contribution < 1.29 is 17.9 Å². The predicted octanol–water partition coefficient (Wildman–Crippen LogP) is 5.26. The van der Waals surface area contributed by atoms with E-state index >= 15 is 0 Å². The summed E-state index contributed by atoms with van der Waals surface area (Å²) in [5.74, 6) is -0.806. The van der Waals surface area contributed by atoms with E-state index in [-0.39, 0.29) is 17.3 Å². The number of sulfonamides is 1. The summed E-state index contributed by atoms with van der Waals surface area (Å²) in [5.41, 5.74) is 2.93. The fraction of sp³-hybridized carbons (Fsp3) is 0.423. The molecule has 32 heavy (non-hydrogen) atoms. The molecule has 1 heterocycles. The van der Waals surface area contributed by atoms with Crippen LogP contribution < -0.4 is 0 Å². The van der Waals surface area contributed by atoms with Crippen LogP contribution in [0.2, 0.25) is 0 Å². The Bertz CT molecular complexity index is 1010. The van der Waals surface area contributed by atoms with Crippen LogP contribution >= 0.6 is 0 Å². The first-order chi connectivity index (χ1) is 15.4. The quantitative estimate of drug-likeness (QED) is 0.343. The Balaban J connectivity index is 1.75. The van der Waals surface area contributed by atoms with Gasteiger partial charge >= 0.3 is 0 Å². The first-order valence-electron chi connectivity index (χ1n) is 11.4. The summed E-state index contributed by atoms with van der Waals surface area (Å²) in [4.78, 5) is 13.5. The number of hydrogen-bond donors (Lipinski definition) is 0. The standard InChI is InChI=1S/C26H33NO4S/c1-3-4-5-9-12-25-23(20-31-19-22-10-7-6-8-11-22)17-18-27(26(25)28)32(29,30)24-15-13-21(2)14-16-24/h6-8,10-11,13-17,25H,3-5,9,12,18-20H2,1-2H3. The van der Waals surface area contributed by atoms with E-state index in [0.29, 0.717) is 19.6 Å². The zero-order chi connectivity index (χ0) is 23.0. The number of amides is 1. The van der Waals surface area contributed by atoms with E-state index < -0.39 is 15.9 Å². The smallest absolute Gasteiger partial charge is 0.266 e. The molecule has 0 aromatic heterocycles. The normalized spacial score (nSPS) is 16.8. The molecule has 0 aliphatic carbocycles. The van der Waals surface area contributed by atoms with E-state index in [0.717, 1.165) is 46.7 Å². The average molecular weight is 456 g/mol. The van der Waals surface area contributed by atoms with Crippen molar-refractivity contribution in [3.63, 3.8) is 0 Å². The first kappa shape index (κ1) is 24.2. The monoisotopic (exact) mass is 455 g/mol. The van der Waals surface area contributed by atoms with Gasteiger partial charge in [-0.05, 0) is 36.6 Å². The van der Waals surface area contributed by atoms with Gasteiger partial charge in [-0.15, -0.1) is 0 Å². The van der Waals surface area contributed by atoms with Crippen LogP contribution in [0.15, 0.2) is 71.1 Å². The van der Waals surface area contributed by atoms with Gasteiger partial charge in [0.25, 0.3) is 10.0 Å². The van der Waals surface area contributed by atoms with Crippen LogP contribution in [0.4, 0.5) is 0 Å². The second kappa shape index (κ2) is 11.4. The van der Waals surface area contributed by atoms with Crippen molar-refractivity contribution in [1.29, 1.82) is 0 Å². The minimum absolute atomic E-state index is 0.0462. The Labute approximate surface area is 192 Å². The van der Waals surface area contributed by atoms with E-state index in [2.05, 4.69) is 6.92 Å². The van der Waals surface area contributed by atoms with Crippen molar-refractivity contribution in [2.45, 2.75) is 57.5 Å². The maximum Gasteiger partial charge on any atom is 0.266 e. The van der Waals surface area contributed by atoms with Crippen molar-refractivity contribution >= 4 is 15.9 Å². The number of rotatable bonds is 11. The van der Waals surface area contributed by atoms with E-state index in [1.807, 2.05) is 43.3 Å². The third kappa shape index (κ3) is 6.08. The second-order valence-electron chi connectivity index (χ2n) is 8.35. The summed E-state index contributed by atoms with van der Waals surface area (Å²) in [7, 11) is -3.88. The van der Waals surface area contributed by atoms with Crippen LogP contribution in [-0.2, 0) is 26.2 Å². The molecule has 0 radical (unpaired) electrons. The van der Waals surface area contributed by atoms with Gasteiger partial charge in [0.15, 0.2) is 0 Å². The molecule has 172 valence electrons. The van der Waals surface area contributed by atoms with Gasteiger partial charge in [-0.25, -0.2) is 12.7 Å². The maximum atomic E-state index is 13.4. The van der Waals surface area contributed by atoms with Crippen molar-refractivity contribution in [3.05, 3.63) is 77.4 Å². The van der Waals surface area contributed by atoms with Crippen LogP contribution in [0.5, 0.6) is 0 Å². The summed E-state index contributed by atoms with van der Waals surface area (Å²) < 4.78 is 33.3. The van der Waals surface area contributed by atoms with E-state index in [4.69, 9.17) is 4.74 Å². The number of benzene rings is 2. The molecule has 1 amide bonds. The average Bonchev–Trinajstić information content (AvgIpc) is 2.79. The fourth-order valence-electron chi connectivity index (χ4n) is 3.92. The lowest BCUT2D eigenvalue weighted by atomic mass is 9.90. The van der Waals surface area contributed by atoms with E-state index in [9.17, 15) is 13.2 Å². The van der Waals surface area contributed by atoms with Gasteiger partial charge < -0.3 is 4.74 Å². The van der Waals surface area contributed by atoms with Crippen LogP contribution in [0, 0.1) is 12.8 Å². The van der Waals surface area contributed by atoms with Crippen molar-refractivity contribution in [2.24, 2.45) is 5.92 Å². The highest BCUT2D eigenvalue weighted by atomic mass is 32.2. The summed E-state index contributed by atoms with van der Waals surface area (Å²) in [6, 6.07) is 16.5. The Morgan fingerprint density at radius 2 is 1.69 bits per heavy atom. The van der Waals surface area contributed by atoms with Crippen LogP contribution in [-0.4, -0.2) is 31.8 Å². The number of unbranched alkanes of at least 4 members (excludes halogenated alkanes) is 3. The zero-order valence-electron chi connectivity index (χ0n) is 19.0. The Hall–Kier alpha value is -2.44. The van der Waals surface area contributed by atoms with Gasteiger partial charge in [-0.3, -0.25) is 4.79 Å². The molecule has 2 aromatic rings. The molecule has 6 heteroatoms. The number of nitrogens with zero attached hydrogens (tertiary/aromatic N) is 1. The Morgan fingerprint density at radius 1 is 0.969 bits per heavy atom. The minimum Gasteiger partial charge on any atom is -0.372 e. The molecule has 0 saturated heterocycles. The molecule has 1 atom stereocenters. The number of carbonyl (C=O) groups is 1. The minimum atomic E-state index is -3.88. The summed E-state index contributed by atoms with van der Waals surface area (Å²) in [5, 5.41) is 0. The number of aryl methyl sites for hydroxylation is 1. The highest BCUT2D eigenvalue weighted by Crippen LogP contribution is 2.30. The lowest BCUT2D eigenvalue weighted by Gasteiger charge is -2.32. The number of ether oxygens (including phenoxy) is 1. The molecule has 1 unspecified atom stereocenters. The Kier molecular flexibility index (Phi) is 8.65. The molecule has 3 rings (SSSR count).